The number of hydrogen-bond donors (Lipinski definition) is 1. The summed E-state index contributed by atoms with van der Waals surface area (Å²) in [6, 6.07) is 13.3. The molecule has 0 aliphatic rings. The fourth-order valence-corrected chi connectivity index (χ4v) is 1.92. The molecule has 1 heterocycles. The standard InChI is InChI=1S/C15H16N4/c1-19(9-7-13-4-2-3-8-18-13)15-6-5-12(11-16)10-14(15)17/h2-6,8,10H,7,9,17H2,1H3. The molecule has 4 heteroatoms. The van der Waals surface area contributed by atoms with Gasteiger partial charge < -0.3 is 10.6 Å². The first-order valence-electron chi connectivity index (χ1n) is 6.11. The lowest BCUT2D eigenvalue weighted by atomic mass is 10.1. The molecule has 96 valence electrons. The largest absolute Gasteiger partial charge is 0.397 e. The van der Waals surface area contributed by atoms with Crippen LogP contribution in [0.25, 0.3) is 0 Å². The van der Waals surface area contributed by atoms with Crippen LogP contribution in [0.3, 0.4) is 0 Å². The van der Waals surface area contributed by atoms with Gasteiger partial charge in [-0.05, 0) is 30.3 Å². The Labute approximate surface area is 113 Å². The molecule has 1 aromatic carbocycles. The molecule has 2 rings (SSSR count). The molecule has 0 saturated carbocycles. The van der Waals surface area contributed by atoms with E-state index < -0.39 is 0 Å². The highest BCUT2D eigenvalue weighted by Crippen LogP contribution is 2.23. The van der Waals surface area contributed by atoms with Crippen LogP contribution in [-0.2, 0) is 6.42 Å². The summed E-state index contributed by atoms with van der Waals surface area (Å²) in [6.45, 7) is 0.827. The molecule has 1 aromatic heterocycles. The van der Waals surface area contributed by atoms with E-state index in [9.17, 15) is 0 Å². The summed E-state index contributed by atoms with van der Waals surface area (Å²) in [7, 11) is 1.99. The lowest BCUT2D eigenvalue weighted by Crippen LogP contribution is -2.21. The van der Waals surface area contributed by atoms with Crippen LogP contribution < -0.4 is 10.6 Å². The zero-order valence-corrected chi connectivity index (χ0v) is 10.9. The quantitative estimate of drug-likeness (QED) is 0.847. The third kappa shape index (κ3) is 3.23. The van der Waals surface area contributed by atoms with Gasteiger partial charge in [0.15, 0.2) is 0 Å². The van der Waals surface area contributed by atoms with Crippen molar-refractivity contribution in [3.05, 3.63) is 53.9 Å². The monoisotopic (exact) mass is 252 g/mol. The third-order valence-corrected chi connectivity index (χ3v) is 3.00. The van der Waals surface area contributed by atoms with Crippen LogP contribution in [0.4, 0.5) is 11.4 Å². The van der Waals surface area contributed by atoms with E-state index in [1.807, 2.05) is 31.3 Å². The molecule has 0 aliphatic heterocycles. The van der Waals surface area contributed by atoms with Crippen LogP contribution >= 0.6 is 0 Å². The maximum absolute atomic E-state index is 8.82. The normalized spacial score (nSPS) is 9.89. The summed E-state index contributed by atoms with van der Waals surface area (Å²) >= 11 is 0. The Morgan fingerprint density at radius 1 is 1.32 bits per heavy atom. The molecule has 0 saturated heterocycles. The molecule has 0 bridgehead atoms. The number of nitrogens with zero attached hydrogens (tertiary/aromatic N) is 3. The molecule has 0 amide bonds. The van der Waals surface area contributed by atoms with Gasteiger partial charge in [-0.1, -0.05) is 6.07 Å². The molecule has 2 N–H and O–H groups in total. The predicted octanol–water partition coefficient (Wildman–Crippen LogP) is 2.21. The molecule has 0 spiro atoms. The Bertz CT molecular complexity index is 587. The molecule has 0 fully saturated rings. The van der Waals surface area contributed by atoms with Gasteiger partial charge in [0.05, 0.1) is 23.0 Å². The second-order valence-corrected chi connectivity index (χ2v) is 4.38. The Hall–Kier alpha value is -2.54. The molecule has 0 aliphatic carbocycles. The highest BCUT2D eigenvalue weighted by atomic mass is 15.1. The Kier molecular flexibility index (Phi) is 3.99. The van der Waals surface area contributed by atoms with Crippen LogP contribution in [0.15, 0.2) is 42.6 Å². The Morgan fingerprint density at radius 2 is 2.16 bits per heavy atom. The number of nitrogens with two attached hydrogens (primary N) is 1. The van der Waals surface area contributed by atoms with Gasteiger partial charge in [0.25, 0.3) is 0 Å². The maximum Gasteiger partial charge on any atom is 0.0992 e. The van der Waals surface area contributed by atoms with Gasteiger partial charge in [-0.3, -0.25) is 4.98 Å². The second kappa shape index (κ2) is 5.87. The molecule has 4 nitrogen and oxygen atoms in total. The first-order chi connectivity index (χ1) is 9.20. The summed E-state index contributed by atoms with van der Waals surface area (Å²) in [5.41, 5.74) is 9.17. The summed E-state index contributed by atoms with van der Waals surface area (Å²) in [6.07, 6.45) is 2.65. The van der Waals surface area contributed by atoms with Gasteiger partial charge in [-0.25, -0.2) is 0 Å². The van der Waals surface area contributed by atoms with E-state index in [1.165, 1.54) is 0 Å². The van der Waals surface area contributed by atoms with Crippen LogP contribution in [0.2, 0.25) is 0 Å². The van der Waals surface area contributed by atoms with Crippen molar-refractivity contribution in [1.82, 2.24) is 4.98 Å². The molecule has 0 atom stereocenters. The van der Waals surface area contributed by atoms with Gasteiger partial charge in [-0.2, -0.15) is 5.26 Å². The zero-order valence-electron chi connectivity index (χ0n) is 10.9. The number of hydrogen-bond acceptors (Lipinski definition) is 4. The second-order valence-electron chi connectivity index (χ2n) is 4.38. The molecule has 0 unspecified atom stereocenters. The number of benzene rings is 1. The van der Waals surface area contributed by atoms with E-state index in [0.29, 0.717) is 11.3 Å². The first kappa shape index (κ1) is 12.9. The fraction of sp³-hybridized carbons (Fsp3) is 0.200. The van der Waals surface area contributed by atoms with Crippen molar-refractivity contribution in [2.75, 3.05) is 24.2 Å². The summed E-state index contributed by atoms with van der Waals surface area (Å²) in [5.74, 6) is 0. The number of nitriles is 1. The average molecular weight is 252 g/mol. The van der Waals surface area contributed by atoms with Gasteiger partial charge in [-0.15, -0.1) is 0 Å². The van der Waals surface area contributed by atoms with Crippen molar-refractivity contribution in [1.29, 1.82) is 5.26 Å². The zero-order chi connectivity index (χ0) is 13.7. The van der Waals surface area contributed by atoms with Crippen molar-refractivity contribution < 1.29 is 0 Å². The minimum atomic E-state index is 0.583. The average Bonchev–Trinajstić information content (AvgIpc) is 2.45. The van der Waals surface area contributed by atoms with E-state index in [0.717, 1.165) is 24.3 Å². The molecule has 2 aromatic rings. The van der Waals surface area contributed by atoms with Gasteiger partial charge in [0.1, 0.15) is 0 Å². The predicted molar refractivity (Wildman–Crippen MR) is 76.8 cm³/mol. The minimum Gasteiger partial charge on any atom is -0.397 e. The molecule has 19 heavy (non-hydrogen) atoms. The number of pyridine rings is 1. The van der Waals surface area contributed by atoms with E-state index in [1.54, 1.807) is 18.3 Å². The molecule has 0 radical (unpaired) electrons. The van der Waals surface area contributed by atoms with Crippen molar-refractivity contribution >= 4 is 11.4 Å². The van der Waals surface area contributed by atoms with E-state index in [4.69, 9.17) is 11.0 Å². The number of anilines is 2. The van der Waals surface area contributed by atoms with E-state index in [2.05, 4.69) is 16.0 Å². The topological polar surface area (TPSA) is 65.9 Å². The lowest BCUT2D eigenvalue weighted by molar-refractivity contribution is 0.853. The summed E-state index contributed by atoms with van der Waals surface area (Å²) in [4.78, 5) is 6.37. The Balaban J connectivity index is 2.04. The smallest absolute Gasteiger partial charge is 0.0992 e. The minimum absolute atomic E-state index is 0.583. The third-order valence-electron chi connectivity index (χ3n) is 3.00. The molecular formula is C15H16N4. The lowest BCUT2D eigenvalue weighted by Gasteiger charge is -2.21. The number of aromatic nitrogens is 1. The van der Waals surface area contributed by atoms with Crippen LogP contribution in [-0.4, -0.2) is 18.6 Å². The van der Waals surface area contributed by atoms with Crippen LogP contribution in [0.1, 0.15) is 11.3 Å². The summed E-state index contributed by atoms with van der Waals surface area (Å²) < 4.78 is 0. The number of rotatable bonds is 4. The van der Waals surface area contributed by atoms with Crippen LogP contribution in [0.5, 0.6) is 0 Å². The highest BCUT2D eigenvalue weighted by Gasteiger charge is 2.06. The number of nitrogen functional groups attached to an aromatic ring is 1. The van der Waals surface area contributed by atoms with Crippen molar-refractivity contribution in [2.45, 2.75) is 6.42 Å². The van der Waals surface area contributed by atoms with Gasteiger partial charge in [0.2, 0.25) is 0 Å². The fourth-order valence-electron chi connectivity index (χ4n) is 1.92. The molecular weight excluding hydrogens is 236 g/mol. The van der Waals surface area contributed by atoms with Crippen molar-refractivity contribution in [2.24, 2.45) is 0 Å². The van der Waals surface area contributed by atoms with Gasteiger partial charge >= 0.3 is 0 Å². The van der Waals surface area contributed by atoms with E-state index >= 15 is 0 Å². The highest BCUT2D eigenvalue weighted by molar-refractivity contribution is 5.69. The van der Waals surface area contributed by atoms with E-state index in [-0.39, 0.29) is 0 Å². The van der Waals surface area contributed by atoms with Crippen molar-refractivity contribution in [3.8, 4) is 6.07 Å². The van der Waals surface area contributed by atoms with Gasteiger partial charge in [0, 0.05) is 31.9 Å². The number of likely N-dealkylation sites (N-methyl/N-ethyl adjacent to an activating group) is 1. The first-order valence-corrected chi connectivity index (χ1v) is 6.11. The van der Waals surface area contributed by atoms with Crippen molar-refractivity contribution in [3.63, 3.8) is 0 Å². The Morgan fingerprint density at radius 3 is 2.79 bits per heavy atom. The summed E-state index contributed by atoms with van der Waals surface area (Å²) in [5, 5.41) is 8.82. The maximum atomic E-state index is 8.82. The van der Waals surface area contributed by atoms with Crippen LogP contribution in [0, 0.1) is 11.3 Å². The SMILES string of the molecule is CN(CCc1ccccn1)c1ccc(C#N)cc1N.